The normalized spacial score (nSPS) is 12.7. The molecular formula is C12H10Cl2FNS. The van der Waals surface area contributed by atoms with Crippen LogP contribution in [0, 0.1) is 12.7 Å². The fourth-order valence-electron chi connectivity index (χ4n) is 1.53. The topological polar surface area (TPSA) is 12.9 Å². The molecule has 0 aliphatic heterocycles. The summed E-state index contributed by atoms with van der Waals surface area (Å²) in [4.78, 5) is 5.07. The van der Waals surface area contributed by atoms with E-state index in [0.717, 1.165) is 9.88 Å². The maximum Gasteiger partial charge on any atom is 0.127 e. The van der Waals surface area contributed by atoms with Crippen LogP contribution in [0.5, 0.6) is 0 Å². The first-order valence-corrected chi connectivity index (χ1v) is 6.70. The van der Waals surface area contributed by atoms with E-state index in [4.69, 9.17) is 23.2 Å². The molecule has 0 N–H and O–H groups in total. The minimum atomic E-state index is -0.315. The molecule has 1 atom stereocenters. The van der Waals surface area contributed by atoms with Gasteiger partial charge in [0.05, 0.1) is 10.4 Å². The highest BCUT2D eigenvalue weighted by Crippen LogP contribution is 2.32. The fourth-order valence-corrected chi connectivity index (χ4v) is 2.88. The minimum absolute atomic E-state index is 0.296. The third kappa shape index (κ3) is 2.97. The molecule has 2 rings (SSSR count). The van der Waals surface area contributed by atoms with Gasteiger partial charge in [0, 0.05) is 21.7 Å². The Morgan fingerprint density at radius 3 is 2.82 bits per heavy atom. The number of alkyl halides is 1. The Balaban J connectivity index is 2.21. The van der Waals surface area contributed by atoms with Gasteiger partial charge in [-0.25, -0.2) is 9.37 Å². The van der Waals surface area contributed by atoms with E-state index in [1.54, 1.807) is 18.3 Å². The van der Waals surface area contributed by atoms with Gasteiger partial charge in [0.25, 0.3) is 0 Å². The molecule has 2 aromatic rings. The van der Waals surface area contributed by atoms with Gasteiger partial charge in [-0.1, -0.05) is 17.7 Å². The van der Waals surface area contributed by atoms with Gasteiger partial charge in [0.1, 0.15) is 5.82 Å². The zero-order valence-electron chi connectivity index (χ0n) is 9.08. The van der Waals surface area contributed by atoms with Crippen LogP contribution in [0.4, 0.5) is 4.39 Å². The highest BCUT2D eigenvalue weighted by Gasteiger charge is 2.16. The van der Waals surface area contributed by atoms with Gasteiger partial charge < -0.3 is 0 Å². The van der Waals surface area contributed by atoms with Crippen molar-refractivity contribution < 1.29 is 4.39 Å². The molecule has 17 heavy (non-hydrogen) atoms. The number of hydrogen-bond acceptors (Lipinski definition) is 2. The van der Waals surface area contributed by atoms with Crippen molar-refractivity contribution in [1.82, 2.24) is 4.98 Å². The predicted octanol–water partition coefficient (Wildman–Crippen LogP) is 4.77. The number of rotatable bonds is 3. The van der Waals surface area contributed by atoms with Crippen molar-refractivity contribution in [1.29, 1.82) is 0 Å². The molecule has 0 aliphatic rings. The van der Waals surface area contributed by atoms with E-state index in [1.165, 1.54) is 17.4 Å². The van der Waals surface area contributed by atoms with E-state index < -0.39 is 0 Å². The molecule has 0 saturated heterocycles. The molecule has 0 radical (unpaired) electrons. The molecule has 0 fully saturated rings. The minimum Gasteiger partial charge on any atom is -0.250 e. The van der Waals surface area contributed by atoms with Crippen LogP contribution in [0.15, 0.2) is 24.4 Å². The van der Waals surface area contributed by atoms with E-state index in [9.17, 15) is 4.39 Å². The third-order valence-electron chi connectivity index (χ3n) is 2.39. The summed E-state index contributed by atoms with van der Waals surface area (Å²) in [6.07, 6.45) is 2.10. The lowest BCUT2D eigenvalue weighted by Crippen LogP contribution is -1.97. The van der Waals surface area contributed by atoms with Crippen LogP contribution in [0.3, 0.4) is 0 Å². The Bertz CT molecular complexity index is 507. The standard InChI is InChI=1S/C12H10Cl2FNS/c1-7-16-6-12(17-7)10(14)5-8-9(13)3-2-4-11(8)15/h2-4,6,10H,5H2,1H3. The van der Waals surface area contributed by atoms with Crippen molar-refractivity contribution in [3.05, 3.63) is 50.7 Å². The van der Waals surface area contributed by atoms with E-state index >= 15 is 0 Å². The van der Waals surface area contributed by atoms with E-state index in [-0.39, 0.29) is 11.2 Å². The summed E-state index contributed by atoms with van der Waals surface area (Å²) in [5.74, 6) is -0.315. The lowest BCUT2D eigenvalue weighted by Gasteiger charge is -2.09. The summed E-state index contributed by atoms with van der Waals surface area (Å²) in [5, 5.41) is 1.07. The molecule has 5 heteroatoms. The highest BCUT2D eigenvalue weighted by molar-refractivity contribution is 7.11. The van der Waals surface area contributed by atoms with Crippen LogP contribution in [0.1, 0.15) is 20.8 Å². The number of hydrogen-bond donors (Lipinski definition) is 0. The van der Waals surface area contributed by atoms with Crippen molar-refractivity contribution in [2.75, 3.05) is 0 Å². The van der Waals surface area contributed by atoms with Gasteiger partial charge in [-0.15, -0.1) is 22.9 Å². The Labute approximate surface area is 113 Å². The molecule has 90 valence electrons. The maximum atomic E-state index is 13.6. The molecule has 1 nitrogen and oxygen atoms in total. The first-order chi connectivity index (χ1) is 8.08. The van der Waals surface area contributed by atoms with Crippen molar-refractivity contribution >= 4 is 34.5 Å². The van der Waals surface area contributed by atoms with E-state index in [2.05, 4.69) is 4.98 Å². The van der Waals surface area contributed by atoms with Gasteiger partial charge >= 0.3 is 0 Å². The van der Waals surface area contributed by atoms with Crippen LogP contribution in [-0.2, 0) is 6.42 Å². The van der Waals surface area contributed by atoms with Crippen LogP contribution in [0.25, 0.3) is 0 Å². The van der Waals surface area contributed by atoms with Crippen LogP contribution in [-0.4, -0.2) is 4.98 Å². The second kappa shape index (κ2) is 5.34. The van der Waals surface area contributed by atoms with Crippen molar-refractivity contribution in [2.45, 2.75) is 18.7 Å². The SMILES string of the molecule is Cc1ncc(C(Cl)Cc2c(F)cccc2Cl)s1. The summed E-state index contributed by atoms with van der Waals surface area (Å²) >= 11 is 13.7. The smallest absolute Gasteiger partial charge is 0.127 e. The van der Waals surface area contributed by atoms with Gasteiger partial charge in [-0.3, -0.25) is 0 Å². The first kappa shape index (κ1) is 12.8. The molecule has 0 spiro atoms. The predicted molar refractivity (Wildman–Crippen MR) is 70.6 cm³/mol. The number of thiazole rings is 1. The zero-order valence-corrected chi connectivity index (χ0v) is 11.4. The van der Waals surface area contributed by atoms with Gasteiger partial charge in [-0.2, -0.15) is 0 Å². The Morgan fingerprint density at radius 1 is 1.47 bits per heavy atom. The summed E-state index contributed by atoms with van der Waals surface area (Å²) in [6, 6.07) is 4.64. The molecule has 0 aliphatic carbocycles. The summed E-state index contributed by atoms with van der Waals surface area (Å²) in [7, 11) is 0. The number of aromatic nitrogens is 1. The Hall–Kier alpha value is -0.640. The van der Waals surface area contributed by atoms with Crippen LogP contribution < -0.4 is 0 Å². The van der Waals surface area contributed by atoms with Gasteiger partial charge in [0.2, 0.25) is 0 Å². The molecule has 1 aromatic carbocycles. The first-order valence-electron chi connectivity index (χ1n) is 5.07. The van der Waals surface area contributed by atoms with Crippen LogP contribution in [0.2, 0.25) is 5.02 Å². The number of benzene rings is 1. The quantitative estimate of drug-likeness (QED) is 0.742. The van der Waals surface area contributed by atoms with Gasteiger partial charge in [-0.05, 0) is 25.5 Å². The van der Waals surface area contributed by atoms with E-state index in [0.29, 0.717) is 17.0 Å². The van der Waals surface area contributed by atoms with Crippen LogP contribution >= 0.6 is 34.5 Å². The summed E-state index contributed by atoms with van der Waals surface area (Å²) in [6.45, 7) is 1.91. The summed E-state index contributed by atoms with van der Waals surface area (Å²) < 4.78 is 13.6. The highest BCUT2D eigenvalue weighted by atomic mass is 35.5. The second-order valence-electron chi connectivity index (χ2n) is 3.65. The fraction of sp³-hybridized carbons (Fsp3) is 0.250. The Kier molecular flexibility index (Phi) is 4.02. The van der Waals surface area contributed by atoms with Gasteiger partial charge in [0.15, 0.2) is 0 Å². The lowest BCUT2D eigenvalue weighted by molar-refractivity contribution is 0.608. The number of halogens is 3. The molecule has 0 bridgehead atoms. The number of nitrogens with zero attached hydrogens (tertiary/aromatic N) is 1. The Morgan fingerprint density at radius 2 is 2.24 bits per heavy atom. The number of aryl methyl sites for hydroxylation is 1. The molecule has 1 unspecified atom stereocenters. The average molecular weight is 290 g/mol. The average Bonchev–Trinajstić information content (AvgIpc) is 2.70. The van der Waals surface area contributed by atoms with Crippen molar-refractivity contribution in [3.63, 3.8) is 0 Å². The molecule has 1 heterocycles. The molecular weight excluding hydrogens is 280 g/mol. The lowest BCUT2D eigenvalue weighted by atomic mass is 10.1. The monoisotopic (exact) mass is 289 g/mol. The maximum absolute atomic E-state index is 13.6. The largest absolute Gasteiger partial charge is 0.250 e. The third-order valence-corrected chi connectivity index (χ3v) is 4.29. The van der Waals surface area contributed by atoms with Crippen molar-refractivity contribution in [3.8, 4) is 0 Å². The molecule has 0 amide bonds. The zero-order chi connectivity index (χ0) is 12.4. The second-order valence-corrected chi connectivity index (χ2v) is 5.85. The van der Waals surface area contributed by atoms with E-state index in [1.807, 2.05) is 6.92 Å². The summed E-state index contributed by atoms with van der Waals surface area (Å²) in [5.41, 5.74) is 0.459. The molecule has 1 aromatic heterocycles. The van der Waals surface area contributed by atoms with Crippen molar-refractivity contribution in [2.24, 2.45) is 0 Å². The molecule has 0 saturated carbocycles.